The van der Waals surface area contributed by atoms with Gasteiger partial charge in [0.25, 0.3) is 0 Å². The van der Waals surface area contributed by atoms with Gasteiger partial charge in [-0.3, -0.25) is 4.79 Å². The molecule has 0 N–H and O–H groups in total. The highest BCUT2D eigenvalue weighted by atomic mass is 16.5. The Kier molecular flexibility index (Phi) is 3.05. The van der Waals surface area contributed by atoms with E-state index >= 15 is 0 Å². The van der Waals surface area contributed by atoms with Gasteiger partial charge < -0.3 is 4.74 Å². The summed E-state index contributed by atoms with van der Waals surface area (Å²) >= 11 is 0. The molecule has 1 heterocycles. The first-order valence-electron chi connectivity index (χ1n) is 8.08. The lowest BCUT2D eigenvalue weighted by atomic mass is 9.84. The van der Waals surface area contributed by atoms with Crippen molar-refractivity contribution < 1.29 is 9.53 Å². The molecule has 2 heteroatoms. The summed E-state index contributed by atoms with van der Waals surface area (Å²) in [5.41, 5.74) is 2.12. The maximum absolute atomic E-state index is 12.5. The lowest BCUT2D eigenvalue weighted by Crippen LogP contribution is -2.16. The molecule has 1 aromatic carbocycles. The number of ketones is 1. The summed E-state index contributed by atoms with van der Waals surface area (Å²) in [6.45, 7) is 0.811. The molecular weight excluding hydrogens is 248 g/mol. The zero-order valence-electron chi connectivity index (χ0n) is 11.9. The Morgan fingerprint density at radius 2 is 2.20 bits per heavy atom. The molecular formula is C18H22O2. The SMILES string of the molecule is O=C(CC1CC2CCC1C2)c1ccc2c(c1)CCCO2. The fraction of sp³-hybridized carbons (Fsp3) is 0.611. The molecule has 2 bridgehead atoms. The fourth-order valence-corrected chi connectivity index (χ4v) is 4.52. The number of ether oxygens (including phenoxy) is 1. The third kappa shape index (κ3) is 2.15. The number of hydrogen-bond donors (Lipinski definition) is 0. The molecule has 0 spiro atoms. The van der Waals surface area contributed by atoms with E-state index in [1.807, 2.05) is 12.1 Å². The molecule has 1 aliphatic heterocycles. The van der Waals surface area contributed by atoms with Gasteiger partial charge >= 0.3 is 0 Å². The number of rotatable bonds is 3. The van der Waals surface area contributed by atoms with Gasteiger partial charge in [0, 0.05) is 12.0 Å². The maximum atomic E-state index is 12.5. The van der Waals surface area contributed by atoms with Gasteiger partial charge in [-0.1, -0.05) is 6.42 Å². The average molecular weight is 270 g/mol. The van der Waals surface area contributed by atoms with E-state index in [0.717, 1.165) is 49.0 Å². The molecule has 0 radical (unpaired) electrons. The second-order valence-corrected chi connectivity index (χ2v) is 6.84. The van der Waals surface area contributed by atoms with Crippen LogP contribution in [0.2, 0.25) is 0 Å². The van der Waals surface area contributed by atoms with Crippen LogP contribution in [0, 0.1) is 17.8 Å². The average Bonchev–Trinajstić information content (AvgIpc) is 3.09. The van der Waals surface area contributed by atoms with E-state index in [1.165, 1.54) is 31.2 Å². The Balaban J connectivity index is 1.48. The first-order valence-corrected chi connectivity index (χ1v) is 8.08. The second kappa shape index (κ2) is 4.91. The van der Waals surface area contributed by atoms with Gasteiger partial charge in [-0.05, 0) is 73.6 Å². The van der Waals surface area contributed by atoms with E-state index in [0.29, 0.717) is 11.7 Å². The Morgan fingerprint density at radius 3 is 3.00 bits per heavy atom. The van der Waals surface area contributed by atoms with E-state index < -0.39 is 0 Å². The van der Waals surface area contributed by atoms with E-state index in [1.54, 1.807) is 0 Å². The Bertz CT molecular complexity index is 534. The zero-order valence-corrected chi connectivity index (χ0v) is 11.9. The van der Waals surface area contributed by atoms with E-state index in [-0.39, 0.29) is 0 Å². The highest BCUT2D eigenvalue weighted by Gasteiger charge is 2.40. The van der Waals surface area contributed by atoms with Crippen molar-refractivity contribution >= 4 is 5.78 Å². The minimum atomic E-state index is 0.343. The highest BCUT2D eigenvalue weighted by Crippen LogP contribution is 2.49. The van der Waals surface area contributed by atoms with Crippen LogP contribution in [-0.2, 0) is 6.42 Å². The predicted octanol–water partition coefficient (Wildman–Crippen LogP) is 4.02. The molecule has 2 saturated carbocycles. The summed E-state index contributed by atoms with van der Waals surface area (Å²) in [5.74, 6) is 3.75. The summed E-state index contributed by atoms with van der Waals surface area (Å²) in [6.07, 6.45) is 8.33. The summed E-state index contributed by atoms with van der Waals surface area (Å²) in [4.78, 5) is 12.5. The highest BCUT2D eigenvalue weighted by molar-refractivity contribution is 5.96. The van der Waals surface area contributed by atoms with Crippen LogP contribution in [0.25, 0.3) is 0 Å². The second-order valence-electron chi connectivity index (χ2n) is 6.84. The van der Waals surface area contributed by atoms with Crippen LogP contribution in [0.1, 0.15) is 54.4 Å². The van der Waals surface area contributed by atoms with Gasteiger partial charge in [-0.25, -0.2) is 0 Å². The molecule has 106 valence electrons. The maximum Gasteiger partial charge on any atom is 0.163 e. The van der Waals surface area contributed by atoms with Crippen LogP contribution in [0.5, 0.6) is 5.75 Å². The Hall–Kier alpha value is -1.31. The Labute approximate surface area is 120 Å². The van der Waals surface area contributed by atoms with Crippen LogP contribution in [0.4, 0.5) is 0 Å². The normalized spacial score (nSPS) is 30.9. The van der Waals surface area contributed by atoms with Crippen molar-refractivity contribution in [2.45, 2.75) is 44.9 Å². The third-order valence-electron chi connectivity index (χ3n) is 5.56. The molecule has 2 aliphatic carbocycles. The van der Waals surface area contributed by atoms with Crippen LogP contribution >= 0.6 is 0 Å². The van der Waals surface area contributed by atoms with E-state index in [9.17, 15) is 4.79 Å². The van der Waals surface area contributed by atoms with E-state index in [2.05, 4.69) is 6.07 Å². The van der Waals surface area contributed by atoms with Gasteiger partial charge in [0.05, 0.1) is 6.61 Å². The van der Waals surface area contributed by atoms with Gasteiger partial charge in [0.1, 0.15) is 5.75 Å². The number of aryl methyl sites for hydroxylation is 1. The van der Waals surface area contributed by atoms with Crippen LogP contribution in [0.15, 0.2) is 18.2 Å². The molecule has 4 rings (SSSR count). The van der Waals surface area contributed by atoms with Gasteiger partial charge in [-0.2, -0.15) is 0 Å². The lowest BCUT2D eigenvalue weighted by Gasteiger charge is -2.21. The van der Waals surface area contributed by atoms with Crippen molar-refractivity contribution in [2.75, 3.05) is 6.61 Å². The van der Waals surface area contributed by atoms with Crippen LogP contribution in [0.3, 0.4) is 0 Å². The van der Waals surface area contributed by atoms with Crippen molar-refractivity contribution in [2.24, 2.45) is 17.8 Å². The molecule has 2 fully saturated rings. The molecule has 3 atom stereocenters. The molecule has 1 aromatic rings. The molecule has 0 aromatic heterocycles. The number of hydrogen-bond acceptors (Lipinski definition) is 2. The lowest BCUT2D eigenvalue weighted by molar-refractivity contribution is 0.0944. The number of carbonyl (C=O) groups is 1. The fourth-order valence-electron chi connectivity index (χ4n) is 4.52. The van der Waals surface area contributed by atoms with Crippen molar-refractivity contribution in [3.63, 3.8) is 0 Å². The molecule has 3 aliphatic rings. The largest absolute Gasteiger partial charge is 0.493 e. The van der Waals surface area contributed by atoms with Crippen LogP contribution < -0.4 is 4.74 Å². The molecule has 2 nitrogen and oxygen atoms in total. The topological polar surface area (TPSA) is 26.3 Å². The number of fused-ring (bicyclic) bond motifs is 3. The monoisotopic (exact) mass is 270 g/mol. The van der Waals surface area contributed by atoms with Gasteiger partial charge in [0.15, 0.2) is 5.78 Å². The molecule has 0 saturated heterocycles. The van der Waals surface area contributed by atoms with Crippen molar-refractivity contribution in [3.8, 4) is 5.75 Å². The smallest absolute Gasteiger partial charge is 0.163 e. The molecule has 0 amide bonds. The first-order chi connectivity index (χ1) is 9.79. The van der Waals surface area contributed by atoms with Crippen molar-refractivity contribution in [1.82, 2.24) is 0 Å². The number of carbonyl (C=O) groups excluding carboxylic acids is 1. The minimum absolute atomic E-state index is 0.343. The number of Topliss-reactive ketones (excluding diaryl/α,β-unsaturated/α-hetero) is 1. The number of benzene rings is 1. The summed E-state index contributed by atoms with van der Waals surface area (Å²) in [5, 5.41) is 0. The first kappa shape index (κ1) is 12.4. The summed E-state index contributed by atoms with van der Waals surface area (Å²) in [6, 6.07) is 6.02. The van der Waals surface area contributed by atoms with Gasteiger partial charge in [0.2, 0.25) is 0 Å². The zero-order chi connectivity index (χ0) is 13.5. The van der Waals surface area contributed by atoms with Crippen molar-refractivity contribution in [3.05, 3.63) is 29.3 Å². The molecule has 3 unspecified atom stereocenters. The van der Waals surface area contributed by atoms with Gasteiger partial charge in [-0.15, -0.1) is 0 Å². The summed E-state index contributed by atoms with van der Waals surface area (Å²) in [7, 11) is 0. The predicted molar refractivity (Wildman–Crippen MR) is 78.1 cm³/mol. The minimum Gasteiger partial charge on any atom is -0.493 e. The van der Waals surface area contributed by atoms with E-state index in [4.69, 9.17) is 4.74 Å². The third-order valence-corrected chi connectivity index (χ3v) is 5.56. The van der Waals surface area contributed by atoms with Crippen molar-refractivity contribution in [1.29, 1.82) is 0 Å². The Morgan fingerprint density at radius 1 is 1.25 bits per heavy atom. The quantitative estimate of drug-likeness (QED) is 0.775. The standard InChI is InChI=1S/C18H22O2/c19-17(11-16-9-12-3-4-13(16)8-12)14-5-6-18-15(10-14)2-1-7-20-18/h5-6,10,12-13,16H,1-4,7-9,11H2. The summed E-state index contributed by atoms with van der Waals surface area (Å²) < 4.78 is 5.62. The van der Waals surface area contributed by atoms with Crippen LogP contribution in [-0.4, -0.2) is 12.4 Å². The molecule has 20 heavy (non-hydrogen) atoms.